The summed E-state index contributed by atoms with van der Waals surface area (Å²) in [4.78, 5) is 0. The van der Waals surface area contributed by atoms with Crippen LogP contribution in [0, 0.1) is 0 Å². The van der Waals surface area contributed by atoms with Gasteiger partial charge in [0.25, 0.3) is 0 Å². The Kier molecular flexibility index (Phi) is 2.61. The number of nitrogens with two attached hydrogens (primary N) is 1. The van der Waals surface area contributed by atoms with E-state index in [1.807, 2.05) is 12.1 Å². The van der Waals surface area contributed by atoms with Crippen LogP contribution in [0.1, 0.15) is 30.8 Å². The summed E-state index contributed by atoms with van der Waals surface area (Å²) in [5.74, 6) is 1.93. The number of methoxy groups -OCH3 is 1. The van der Waals surface area contributed by atoms with Crippen LogP contribution in [0.15, 0.2) is 16.5 Å². The molecule has 0 amide bonds. The lowest BCUT2D eigenvalue weighted by atomic mass is 9.67. The highest BCUT2D eigenvalue weighted by Gasteiger charge is 2.40. The first-order valence-electron chi connectivity index (χ1n) is 5.09. The summed E-state index contributed by atoms with van der Waals surface area (Å²) >= 11 is 0. The smallest absolute Gasteiger partial charge is 0.129 e. The fourth-order valence-electron chi connectivity index (χ4n) is 2.04. The maximum absolute atomic E-state index is 5.79. The highest BCUT2D eigenvalue weighted by atomic mass is 16.5. The lowest BCUT2D eigenvalue weighted by molar-refractivity contribution is 0.150. The summed E-state index contributed by atoms with van der Waals surface area (Å²) in [6.45, 7) is 1.23. The molecule has 2 N–H and O–H groups in total. The number of hydrogen-bond acceptors (Lipinski definition) is 3. The second kappa shape index (κ2) is 3.75. The zero-order valence-electron chi connectivity index (χ0n) is 8.58. The van der Waals surface area contributed by atoms with Gasteiger partial charge in [0.05, 0.1) is 0 Å². The molecular weight excluding hydrogens is 178 g/mol. The minimum atomic E-state index is 0.131. The zero-order chi connectivity index (χ0) is 10.0. The molecule has 0 atom stereocenters. The Balaban J connectivity index is 2.15. The lowest BCUT2D eigenvalue weighted by Crippen LogP contribution is -2.41. The fourth-order valence-corrected chi connectivity index (χ4v) is 2.04. The average Bonchev–Trinajstić information content (AvgIpc) is 2.54. The van der Waals surface area contributed by atoms with Crippen LogP contribution in [0.4, 0.5) is 0 Å². The molecule has 0 saturated heterocycles. The Morgan fingerprint density at radius 2 is 2.29 bits per heavy atom. The zero-order valence-corrected chi connectivity index (χ0v) is 8.58. The van der Waals surface area contributed by atoms with Gasteiger partial charge in [0.15, 0.2) is 0 Å². The molecule has 78 valence electrons. The van der Waals surface area contributed by atoms with Gasteiger partial charge in [0.1, 0.15) is 18.1 Å². The van der Waals surface area contributed by atoms with Crippen LogP contribution in [0.3, 0.4) is 0 Å². The van der Waals surface area contributed by atoms with E-state index in [1.165, 1.54) is 6.42 Å². The van der Waals surface area contributed by atoms with Crippen LogP contribution < -0.4 is 5.73 Å². The minimum absolute atomic E-state index is 0.131. The van der Waals surface area contributed by atoms with Gasteiger partial charge in [-0.3, -0.25) is 0 Å². The van der Waals surface area contributed by atoms with Crippen molar-refractivity contribution in [3.8, 4) is 0 Å². The van der Waals surface area contributed by atoms with Gasteiger partial charge in [-0.2, -0.15) is 0 Å². The maximum Gasteiger partial charge on any atom is 0.129 e. The number of ether oxygens (including phenoxy) is 1. The third kappa shape index (κ3) is 1.47. The molecule has 1 aromatic rings. The molecule has 1 fully saturated rings. The summed E-state index contributed by atoms with van der Waals surface area (Å²) < 4.78 is 10.7. The van der Waals surface area contributed by atoms with Gasteiger partial charge in [-0.1, -0.05) is 6.42 Å². The van der Waals surface area contributed by atoms with E-state index in [0.29, 0.717) is 13.2 Å². The molecule has 0 bridgehead atoms. The van der Waals surface area contributed by atoms with Gasteiger partial charge in [0, 0.05) is 19.1 Å². The molecule has 0 unspecified atom stereocenters. The summed E-state index contributed by atoms with van der Waals surface area (Å²) in [6, 6.07) is 4.02. The SMILES string of the molecule is COCc1ccc(C2(CN)CCC2)o1. The molecule has 2 rings (SSSR count). The Bertz CT molecular complexity index is 296. The molecule has 1 heterocycles. The van der Waals surface area contributed by atoms with Gasteiger partial charge in [-0.15, -0.1) is 0 Å². The lowest BCUT2D eigenvalue weighted by Gasteiger charge is -2.38. The molecule has 1 saturated carbocycles. The van der Waals surface area contributed by atoms with E-state index in [4.69, 9.17) is 14.9 Å². The van der Waals surface area contributed by atoms with E-state index < -0.39 is 0 Å². The van der Waals surface area contributed by atoms with Crippen LogP contribution in [0.25, 0.3) is 0 Å². The Morgan fingerprint density at radius 3 is 2.79 bits per heavy atom. The molecule has 0 spiro atoms. The summed E-state index contributed by atoms with van der Waals surface area (Å²) in [5, 5.41) is 0. The highest BCUT2D eigenvalue weighted by molar-refractivity contribution is 5.21. The Hall–Kier alpha value is -0.800. The van der Waals surface area contributed by atoms with Crippen molar-refractivity contribution in [3.63, 3.8) is 0 Å². The van der Waals surface area contributed by atoms with Crippen molar-refractivity contribution >= 4 is 0 Å². The van der Waals surface area contributed by atoms with Gasteiger partial charge < -0.3 is 14.9 Å². The minimum Gasteiger partial charge on any atom is -0.463 e. The van der Waals surface area contributed by atoms with Gasteiger partial charge in [-0.25, -0.2) is 0 Å². The maximum atomic E-state index is 5.79. The van der Waals surface area contributed by atoms with E-state index in [2.05, 4.69) is 0 Å². The summed E-state index contributed by atoms with van der Waals surface area (Å²) in [6.07, 6.45) is 3.57. The first-order valence-corrected chi connectivity index (χ1v) is 5.09. The molecule has 0 radical (unpaired) electrons. The molecule has 3 nitrogen and oxygen atoms in total. The van der Waals surface area contributed by atoms with Crippen molar-refractivity contribution in [1.82, 2.24) is 0 Å². The number of hydrogen-bond donors (Lipinski definition) is 1. The van der Waals surface area contributed by atoms with Crippen molar-refractivity contribution in [2.45, 2.75) is 31.3 Å². The van der Waals surface area contributed by atoms with Gasteiger partial charge in [0.2, 0.25) is 0 Å². The van der Waals surface area contributed by atoms with Gasteiger partial charge in [-0.05, 0) is 25.0 Å². The van der Waals surface area contributed by atoms with Crippen molar-refractivity contribution in [2.75, 3.05) is 13.7 Å². The molecule has 14 heavy (non-hydrogen) atoms. The summed E-state index contributed by atoms with van der Waals surface area (Å²) in [7, 11) is 1.67. The highest BCUT2D eigenvalue weighted by Crippen LogP contribution is 2.43. The standard InChI is InChI=1S/C11H17NO2/c1-13-7-9-3-4-10(14-9)11(8-12)5-2-6-11/h3-4H,2,5-8,12H2,1H3. The second-order valence-electron chi connectivity index (χ2n) is 4.04. The third-order valence-corrected chi connectivity index (χ3v) is 3.17. The Morgan fingerprint density at radius 1 is 1.50 bits per heavy atom. The van der Waals surface area contributed by atoms with E-state index >= 15 is 0 Å². The molecule has 3 heteroatoms. The molecule has 1 aliphatic rings. The van der Waals surface area contributed by atoms with E-state index in [1.54, 1.807) is 7.11 Å². The van der Waals surface area contributed by atoms with E-state index in [0.717, 1.165) is 24.4 Å². The van der Waals surface area contributed by atoms with Crippen molar-refractivity contribution in [1.29, 1.82) is 0 Å². The van der Waals surface area contributed by atoms with Crippen LogP contribution >= 0.6 is 0 Å². The quantitative estimate of drug-likeness (QED) is 0.797. The average molecular weight is 195 g/mol. The first kappa shape index (κ1) is 9.74. The van der Waals surface area contributed by atoms with E-state index in [-0.39, 0.29) is 5.41 Å². The molecule has 0 aromatic carbocycles. The Labute approximate surface area is 84.2 Å². The summed E-state index contributed by atoms with van der Waals surface area (Å²) in [5.41, 5.74) is 5.92. The molecule has 1 aliphatic carbocycles. The van der Waals surface area contributed by atoms with Crippen LogP contribution in [-0.2, 0) is 16.8 Å². The normalized spacial score (nSPS) is 19.3. The van der Waals surface area contributed by atoms with Crippen molar-refractivity contribution in [3.05, 3.63) is 23.7 Å². The second-order valence-corrected chi connectivity index (χ2v) is 4.04. The largest absolute Gasteiger partial charge is 0.463 e. The van der Waals surface area contributed by atoms with Crippen molar-refractivity contribution in [2.24, 2.45) is 5.73 Å². The predicted octanol–water partition coefficient (Wildman–Crippen LogP) is 1.81. The fraction of sp³-hybridized carbons (Fsp3) is 0.636. The van der Waals surface area contributed by atoms with Crippen LogP contribution in [0.2, 0.25) is 0 Å². The predicted molar refractivity (Wildman–Crippen MR) is 54.0 cm³/mol. The van der Waals surface area contributed by atoms with Gasteiger partial charge >= 0.3 is 0 Å². The molecular formula is C11H17NO2. The van der Waals surface area contributed by atoms with Crippen LogP contribution in [0.5, 0.6) is 0 Å². The van der Waals surface area contributed by atoms with E-state index in [9.17, 15) is 0 Å². The van der Waals surface area contributed by atoms with Crippen LogP contribution in [-0.4, -0.2) is 13.7 Å². The molecule has 1 aromatic heterocycles. The first-order chi connectivity index (χ1) is 6.80. The number of rotatable bonds is 4. The topological polar surface area (TPSA) is 48.4 Å². The monoisotopic (exact) mass is 195 g/mol. The third-order valence-electron chi connectivity index (χ3n) is 3.17. The number of furan rings is 1. The molecule has 0 aliphatic heterocycles. The van der Waals surface area contributed by atoms with Crippen molar-refractivity contribution < 1.29 is 9.15 Å².